The summed E-state index contributed by atoms with van der Waals surface area (Å²) in [5, 5.41) is 0. The van der Waals surface area contributed by atoms with Crippen molar-refractivity contribution in [3.05, 3.63) is 17.8 Å². The maximum absolute atomic E-state index is 11.8. The SMILES string of the molecule is CCOC(=O)c1cc(N2CCC(C(N)=O)CC2)ncc1N. The summed E-state index contributed by atoms with van der Waals surface area (Å²) in [6, 6.07) is 1.64. The molecule has 2 rings (SSSR count). The maximum Gasteiger partial charge on any atom is 0.340 e. The van der Waals surface area contributed by atoms with Crippen LogP contribution in [0, 0.1) is 5.92 Å². The number of carbonyl (C=O) groups is 2. The van der Waals surface area contributed by atoms with Gasteiger partial charge in [0.2, 0.25) is 5.91 Å². The molecular weight excluding hydrogens is 272 g/mol. The van der Waals surface area contributed by atoms with Gasteiger partial charge in [-0.05, 0) is 25.8 Å². The average molecular weight is 292 g/mol. The zero-order valence-electron chi connectivity index (χ0n) is 12.0. The number of nitrogens with zero attached hydrogens (tertiary/aromatic N) is 2. The third kappa shape index (κ3) is 3.42. The normalized spacial score (nSPS) is 15.8. The fraction of sp³-hybridized carbons (Fsp3) is 0.500. The molecule has 2 heterocycles. The molecule has 0 atom stereocenters. The Bertz CT molecular complexity index is 539. The zero-order valence-corrected chi connectivity index (χ0v) is 12.0. The summed E-state index contributed by atoms with van der Waals surface area (Å²) in [6.07, 6.45) is 2.84. The summed E-state index contributed by atoms with van der Waals surface area (Å²) >= 11 is 0. The van der Waals surface area contributed by atoms with Crippen LogP contribution < -0.4 is 16.4 Å². The summed E-state index contributed by atoms with van der Waals surface area (Å²) in [7, 11) is 0. The first kappa shape index (κ1) is 15.1. The number of anilines is 2. The third-order valence-corrected chi connectivity index (χ3v) is 3.64. The molecule has 1 saturated heterocycles. The Balaban J connectivity index is 2.13. The van der Waals surface area contributed by atoms with Gasteiger partial charge >= 0.3 is 5.97 Å². The number of pyridine rings is 1. The number of primary amides is 1. The molecule has 0 radical (unpaired) electrons. The van der Waals surface area contributed by atoms with Gasteiger partial charge in [-0.15, -0.1) is 0 Å². The molecule has 1 aromatic rings. The number of carbonyl (C=O) groups excluding carboxylic acids is 2. The van der Waals surface area contributed by atoms with E-state index >= 15 is 0 Å². The van der Waals surface area contributed by atoms with Crippen molar-refractivity contribution in [2.45, 2.75) is 19.8 Å². The number of hydrogen-bond donors (Lipinski definition) is 2. The van der Waals surface area contributed by atoms with Gasteiger partial charge in [0.05, 0.1) is 24.1 Å². The number of hydrogen-bond acceptors (Lipinski definition) is 6. The first-order valence-electron chi connectivity index (χ1n) is 6.99. The van der Waals surface area contributed by atoms with E-state index in [4.69, 9.17) is 16.2 Å². The van der Waals surface area contributed by atoms with Crippen LogP contribution in [0.25, 0.3) is 0 Å². The quantitative estimate of drug-likeness (QED) is 0.783. The standard InChI is InChI=1S/C14H20N4O3/c1-2-21-14(20)10-7-12(17-8-11(10)15)18-5-3-9(4-6-18)13(16)19/h7-9H,2-6,15H2,1H3,(H2,16,19). The first-order chi connectivity index (χ1) is 10.0. The van der Waals surface area contributed by atoms with Crippen LogP contribution in [0.2, 0.25) is 0 Å². The van der Waals surface area contributed by atoms with Crippen molar-refractivity contribution >= 4 is 23.4 Å². The largest absolute Gasteiger partial charge is 0.462 e. The van der Waals surface area contributed by atoms with Crippen LogP contribution in [0.1, 0.15) is 30.1 Å². The second-order valence-electron chi connectivity index (χ2n) is 5.01. The molecule has 1 aliphatic heterocycles. The molecule has 7 heteroatoms. The maximum atomic E-state index is 11.8. The highest BCUT2D eigenvalue weighted by molar-refractivity contribution is 5.95. The van der Waals surface area contributed by atoms with E-state index in [0.29, 0.717) is 49.6 Å². The van der Waals surface area contributed by atoms with Crippen molar-refractivity contribution in [2.24, 2.45) is 11.7 Å². The zero-order chi connectivity index (χ0) is 15.4. The Morgan fingerprint density at radius 2 is 2.10 bits per heavy atom. The lowest BCUT2D eigenvalue weighted by molar-refractivity contribution is -0.122. The van der Waals surface area contributed by atoms with Crippen molar-refractivity contribution in [3.8, 4) is 0 Å². The Hall–Kier alpha value is -2.31. The smallest absolute Gasteiger partial charge is 0.340 e. The predicted octanol–water partition coefficient (Wildman–Crippen LogP) is 0.542. The molecule has 1 aliphatic rings. The molecule has 4 N–H and O–H groups in total. The van der Waals surface area contributed by atoms with E-state index < -0.39 is 5.97 Å². The van der Waals surface area contributed by atoms with Gasteiger partial charge in [0.15, 0.2) is 0 Å². The molecule has 0 saturated carbocycles. The lowest BCUT2D eigenvalue weighted by Gasteiger charge is -2.31. The van der Waals surface area contributed by atoms with E-state index in [1.807, 2.05) is 4.90 Å². The fourth-order valence-corrected chi connectivity index (χ4v) is 2.41. The second-order valence-corrected chi connectivity index (χ2v) is 5.01. The molecule has 0 spiro atoms. The molecule has 1 amide bonds. The minimum Gasteiger partial charge on any atom is -0.462 e. The Morgan fingerprint density at radius 3 is 2.67 bits per heavy atom. The van der Waals surface area contributed by atoms with Gasteiger partial charge in [-0.1, -0.05) is 0 Å². The van der Waals surface area contributed by atoms with E-state index in [9.17, 15) is 9.59 Å². The van der Waals surface area contributed by atoms with Crippen LogP contribution in [0.15, 0.2) is 12.3 Å². The van der Waals surface area contributed by atoms with Crippen LogP contribution in [0.5, 0.6) is 0 Å². The van der Waals surface area contributed by atoms with Crippen molar-refractivity contribution in [2.75, 3.05) is 30.3 Å². The van der Waals surface area contributed by atoms with Crippen LogP contribution >= 0.6 is 0 Å². The van der Waals surface area contributed by atoms with Gasteiger partial charge in [-0.25, -0.2) is 9.78 Å². The highest BCUT2D eigenvalue weighted by Crippen LogP contribution is 2.24. The molecule has 114 valence electrons. The topological polar surface area (TPSA) is 112 Å². The van der Waals surface area contributed by atoms with Crippen LogP contribution in [0.4, 0.5) is 11.5 Å². The number of amides is 1. The molecule has 1 aromatic heterocycles. The lowest BCUT2D eigenvalue weighted by Crippen LogP contribution is -2.39. The molecular formula is C14H20N4O3. The van der Waals surface area contributed by atoms with E-state index in [1.165, 1.54) is 6.20 Å². The number of piperidine rings is 1. The van der Waals surface area contributed by atoms with Crippen molar-refractivity contribution in [3.63, 3.8) is 0 Å². The molecule has 0 aromatic carbocycles. The fourth-order valence-electron chi connectivity index (χ4n) is 2.41. The van der Waals surface area contributed by atoms with Gasteiger partial charge in [0.25, 0.3) is 0 Å². The van der Waals surface area contributed by atoms with E-state index in [2.05, 4.69) is 4.98 Å². The Labute approximate surface area is 123 Å². The highest BCUT2D eigenvalue weighted by Gasteiger charge is 2.24. The summed E-state index contributed by atoms with van der Waals surface area (Å²) in [6.45, 7) is 3.38. The number of esters is 1. The van der Waals surface area contributed by atoms with Crippen molar-refractivity contribution in [1.29, 1.82) is 0 Å². The van der Waals surface area contributed by atoms with Gasteiger partial charge in [0, 0.05) is 19.0 Å². The Morgan fingerprint density at radius 1 is 1.43 bits per heavy atom. The van der Waals surface area contributed by atoms with Crippen LogP contribution in [-0.2, 0) is 9.53 Å². The number of nitrogen functional groups attached to an aromatic ring is 1. The van der Waals surface area contributed by atoms with Crippen molar-refractivity contribution in [1.82, 2.24) is 4.98 Å². The van der Waals surface area contributed by atoms with E-state index in [1.54, 1.807) is 13.0 Å². The molecule has 1 fully saturated rings. The van der Waals surface area contributed by atoms with Crippen molar-refractivity contribution < 1.29 is 14.3 Å². The molecule has 0 aliphatic carbocycles. The highest BCUT2D eigenvalue weighted by atomic mass is 16.5. The predicted molar refractivity (Wildman–Crippen MR) is 78.7 cm³/mol. The summed E-state index contributed by atoms with van der Waals surface area (Å²) in [5.74, 6) is -0.132. The molecule has 7 nitrogen and oxygen atoms in total. The van der Waals surface area contributed by atoms with Crippen LogP contribution in [-0.4, -0.2) is 36.6 Å². The minimum atomic E-state index is -0.453. The number of aromatic nitrogens is 1. The van der Waals surface area contributed by atoms with Gasteiger partial charge in [0.1, 0.15) is 5.82 Å². The first-order valence-corrected chi connectivity index (χ1v) is 6.99. The van der Waals surface area contributed by atoms with E-state index in [0.717, 1.165) is 0 Å². The number of nitrogens with two attached hydrogens (primary N) is 2. The summed E-state index contributed by atoms with van der Waals surface area (Å²) in [4.78, 5) is 29.3. The molecule has 21 heavy (non-hydrogen) atoms. The monoisotopic (exact) mass is 292 g/mol. The van der Waals surface area contributed by atoms with Gasteiger partial charge < -0.3 is 21.1 Å². The molecule has 0 unspecified atom stereocenters. The van der Waals surface area contributed by atoms with Gasteiger partial charge in [-0.2, -0.15) is 0 Å². The van der Waals surface area contributed by atoms with Crippen LogP contribution in [0.3, 0.4) is 0 Å². The number of ether oxygens (including phenoxy) is 1. The minimum absolute atomic E-state index is 0.0837. The van der Waals surface area contributed by atoms with Gasteiger partial charge in [-0.3, -0.25) is 4.79 Å². The second kappa shape index (κ2) is 6.43. The van der Waals surface area contributed by atoms with E-state index in [-0.39, 0.29) is 11.8 Å². The summed E-state index contributed by atoms with van der Waals surface area (Å²) in [5.41, 5.74) is 11.7. The number of rotatable bonds is 4. The average Bonchev–Trinajstić information content (AvgIpc) is 2.48. The Kier molecular flexibility index (Phi) is 4.62. The third-order valence-electron chi connectivity index (χ3n) is 3.64. The lowest BCUT2D eigenvalue weighted by atomic mass is 9.96. The molecule has 0 bridgehead atoms. The summed E-state index contributed by atoms with van der Waals surface area (Å²) < 4.78 is 4.97.